The average Bonchev–Trinajstić information content (AvgIpc) is 2.68. The minimum Gasteiger partial charge on any atom is -0.348 e. The van der Waals surface area contributed by atoms with Gasteiger partial charge in [0, 0.05) is 17.6 Å². The first-order valence-electron chi connectivity index (χ1n) is 5.28. The van der Waals surface area contributed by atoms with Crippen LogP contribution in [0.15, 0.2) is 26.0 Å². The van der Waals surface area contributed by atoms with Crippen molar-refractivity contribution in [1.82, 2.24) is 10.6 Å². The van der Waals surface area contributed by atoms with Crippen LogP contribution in [0.1, 0.15) is 16.1 Å². The molecule has 3 nitrogen and oxygen atoms in total. The Labute approximate surface area is 121 Å². The molecule has 1 aliphatic rings. The predicted molar refractivity (Wildman–Crippen MR) is 77.6 cm³/mol. The Morgan fingerprint density at radius 2 is 2.35 bits per heavy atom. The van der Waals surface area contributed by atoms with E-state index in [0.29, 0.717) is 6.54 Å². The maximum atomic E-state index is 11.9. The van der Waals surface area contributed by atoms with Crippen LogP contribution < -0.4 is 10.6 Å². The molecule has 1 aliphatic heterocycles. The number of amides is 1. The third-order valence-corrected chi connectivity index (χ3v) is 5.76. The van der Waals surface area contributed by atoms with Crippen LogP contribution in [-0.2, 0) is 0 Å². The smallest absolute Gasteiger partial charge is 0.261 e. The molecular formula is C11H12Br2N2OS. The van der Waals surface area contributed by atoms with Gasteiger partial charge in [-0.1, -0.05) is 11.6 Å². The summed E-state index contributed by atoms with van der Waals surface area (Å²) < 4.78 is 1.87. The Hall–Kier alpha value is -0.170. The van der Waals surface area contributed by atoms with E-state index in [-0.39, 0.29) is 5.91 Å². The summed E-state index contributed by atoms with van der Waals surface area (Å²) in [6, 6.07) is 1.83. The van der Waals surface area contributed by atoms with Gasteiger partial charge in [-0.25, -0.2) is 0 Å². The third kappa shape index (κ3) is 3.64. The van der Waals surface area contributed by atoms with E-state index < -0.39 is 0 Å². The fraction of sp³-hybridized carbons (Fsp3) is 0.364. The third-order valence-electron chi connectivity index (χ3n) is 2.50. The minimum absolute atomic E-state index is 0.0131. The second-order valence-electron chi connectivity index (χ2n) is 3.73. The molecule has 92 valence electrons. The molecule has 0 atom stereocenters. The lowest BCUT2D eigenvalue weighted by Crippen LogP contribution is -2.29. The van der Waals surface area contributed by atoms with Gasteiger partial charge in [0.15, 0.2) is 0 Å². The molecule has 17 heavy (non-hydrogen) atoms. The molecule has 1 aromatic heterocycles. The topological polar surface area (TPSA) is 41.1 Å². The van der Waals surface area contributed by atoms with E-state index in [2.05, 4.69) is 48.6 Å². The minimum atomic E-state index is -0.0131. The Morgan fingerprint density at radius 1 is 1.53 bits per heavy atom. The van der Waals surface area contributed by atoms with Gasteiger partial charge < -0.3 is 10.6 Å². The first-order chi connectivity index (χ1) is 8.16. The van der Waals surface area contributed by atoms with Crippen molar-refractivity contribution in [2.45, 2.75) is 6.42 Å². The van der Waals surface area contributed by atoms with Crippen molar-refractivity contribution in [3.63, 3.8) is 0 Å². The van der Waals surface area contributed by atoms with E-state index in [1.807, 2.05) is 6.07 Å². The normalized spacial score (nSPS) is 15.5. The number of rotatable bonds is 3. The molecule has 2 heterocycles. The molecule has 0 spiro atoms. The lowest BCUT2D eigenvalue weighted by molar-refractivity contribution is 0.0960. The number of hydrogen-bond donors (Lipinski definition) is 2. The molecular weight excluding hydrogens is 368 g/mol. The van der Waals surface area contributed by atoms with Crippen molar-refractivity contribution in [2.24, 2.45) is 0 Å². The zero-order chi connectivity index (χ0) is 12.3. The molecule has 2 rings (SSSR count). The highest BCUT2D eigenvalue weighted by Crippen LogP contribution is 2.32. The molecule has 0 aromatic carbocycles. The van der Waals surface area contributed by atoms with Gasteiger partial charge in [-0.05, 0) is 50.9 Å². The van der Waals surface area contributed by atoms with Gasteiger partial charge in [-0.15, -0.1) is 11.3 Å². The summed E-state index contributed by atoms with van der Waals surface area (Å²) in [5.74, 6) is -0.0131. The zero-order valence-electron chi connectivity index (χ0n) is 9.06. The number of thiophene rings is 1. The van der Waals surface area contributed by atoms with Crippen molar-refractivity contribution >= 4 is 49.1 Å². The van der Waals surface area contributed by atoms with E-state index in [1.54, 1.807) is 0 Å². The fourth-order valence-electron chi connectivity index (χ4n) is 1.57. The molecule has 2 N–H and O–H groups in total. The largest absolute Gasteiger partial charge is 0.348 e. The summed E-state index contributed by atoms with van der Waals surface area (Å²) in [6.45, 7) is 2.55. The van der Waals surface area contributed by atoms with Crippen molar-refractivity contribution in [2.75, 3.05) is 19.6 Å². The predicted octanol–water partition coefficient (Wildman–Crippen LogP) is 2.92. The van der Waals surface area contributed by atoms with E-state index >= 15 is 0 Å². The molecule has 0 saturated heterocycles. The number of hydrogen-bond acceptors (Lipinski definition) is 3. The van der Waals surface area contributed by atoms with Crippen LogP contribution in [-0.4, -0.2) is 25.5 Å². The molecule has 6 heteroatoms. The number of carbonyl (C=O) groups is 1. The molecule has 0 aliphatic carbocycles. The SMILES string of the molecule is O=C(NCC1=CCNCC1)c1cc(Br)c(Br)s1. The lowest BCUT2D eigenvalue weighted by Gasteiger charge is -2.14. The first kappa shape index (κ1) is 13.3. The fourth-order valence-corrected chi connectivity index (χ4v) is 3.52. The number of nitrogens with one attached hydrogen (secondary N) is 2. The Kier molecular flexibility index (Phi) is 4.78. The van der Waals surface area contributed by atoms with E-state index in [1.165, 1.54) is 16.9 Å². The van der Waals surface area contributed by atoms with E-state index in [0.717, 1.165) is 32.6 Å². The van der Waals surface area contributed by atoms with Crippen molar-refractivity contribution in [3.05, 3.63) is 30.9 Å². The van der Waals surface area contributed by atoms with E-state index in [9.17, 15) is 4.79 Å². The second-order valence-corrected chi connectivity index (χ2v) is 6.96. The van der Waals surface area contributed by atoms with Crippen LogP contribution in [0.4, 0.5) is 0 Å². The summed E-state index contributed by atoms with van der Waals surface area (Å²) in [6.07, 6.45) is 3.15. The van der Waals surface area contributed by atoms with Crippen LogP contribution in [0, 0.1) is 0 Å². The zero-order valence-corrected chi connectivity index (χ0v) is 13.0. The van der Waals surface area contributed by atoms with Crippen LogP contribution in [0.2, 0.25) is 0 Å². The molecule has 0 fully saturated rings. The highest BCUT2D eigenvalue weighted by Gasteiger charge is 2.12. The maximum absolute atomic E-state index is 11.9. The van der Waals surface area contributed by atoms with Gasteiger partial charge in [0.2, 0.25) is 0 Å². The molecule has 1 aromatic rings. The van der Waals surface area contributed by atoms with Gasteiger partial charge in [0.05, 0.1) is 8.66 Å². The van der Waals surface area contributed by atoms with Crippen molar-refractivity contribution in [1.29, 1.82) is 0 Å². The average molecular weight is 380 g/mol. The van der Waals surface area contributed by atoms with Crippen LogP contribution in [0.25, 0.3) is 0 Å². The van der Waals surface area contributed by atoms with E-state index in [4.69, 9.17) is 0 Å². The summed E-state index contributed by atoms with van der Waals surface area (Å²) >= 11 is 8.20. The summed E-state index contributed by atoms with van der Waals surface area (Å²) in [4.78, 5) is 12.6. The molecule has 0 bridgehead atoms. The molecule has 1 amide bonds. The lowest BCUT2D eigenvalue weighted by atomic mass is 10.1. The molecule has 0 saturated carbocycles. The summed E-state index contributed by atoms with van der Waals surface area (Å²) in [5, 5.41) is 6.19. The van der Waals surface area contributed by atoms with Crippen LogP contribution in [0.3, 0.4) is 0 Å². The van der Waals surface area contributed by atoms with Gasteiger partial charge in [-0.3, -0.25) is 4.79 Å². The Morgan fingerprint density at radius 3 is 2.94 bits per heavy atom. The highest BCUT2D eigenvalue weighted by atomic mass is 79.9. The Balaban J connectivity index is 1.91. The summed E-state index contributed by atoms with van der Waals surface area (Å²) in [5.41, 5.74) is 1.30. The second kappa shape index (κ2) is 6.13. The standard InChI is InChI=1S/C11H12Br2N2OS/c12-8-5-9(17-10(8)13)11(16)15-6-7-1-3-14-4-2-7/h1,5,14H,2-4,6H2,(H,15,16). The Bertz CT molecular complexity index is 437. The molecule has 0 unspecified atom stereocenters. The van der Waals surface area contributed by atoms with Gasteiger partial charge in [-0.2, -0.15) is 0 Å². The van der Waals surface area contributed by atoms with Crippen LogP contribution in [0.5, 0.6) is 0 Å². The van der Waals surface area contributed by atoms with Gasteiger partial charge in [0.25, 0.3) is 5.91 Å². The first-order valence-corrected chi connectivity index (χ1v) is 7.68. The quantitative estimate of drug-likeness (QED) is 0.792. The van der Waals surface area contributed by atoms with Gasteiger partial charge >= 0.3 is 0 Å². The van der Waals surface area contributed by atoms with Crippen LogP contribution >= 0.6 is 43.2 Å². The monoisotopic (exact) mass is 378 g/mol. The number of carbonyl (C=O) groups excluding carboxylic acids is 1. The maximum Gasteiger partial charge on any atom is 0.261 e. The van der Waals surface area contributed by atoms with Gasteiger partial charge in [0.1, 0.15) is 0 Å². The van der Waals surface area contributed by atoms with Crippen molar-refractivity contribution in [3.8, 4) is 0 Å². The van der Waals surface area contributed by atoms with Crippen molar-refractivity contribution < 1.29 is 4.79 Å². The summed E-state index contributed by atoms with van der Waals surface area (Å²) in [7, 11) is 0. The highest BCUT2D eigenvalue weighted by molar-refractivity contribution is 9.13. The number of halogens is 2. The molecule has 0 radical (unpaired) electrons.